The van der Waals surface area contributed by atoms with Gasteiger partial charge in [-0.2, -0.15) is 0 Å². The fraction of sp³-hybridized carbons (Fsp3) is 0.429. The lowest BCUT2D eigenvalue weighted by atomic mass is 9.84. The van der Waals surface area contributed by atoms with Crippen molar-refractivity contribution in [2.75, 3.05) is 69.1 Å². The monoisotopic (exact) mass is 810 g/mol. The first-order valence-corrected chi connectivity index (χ1v) is 18.4. The van der Waals surface area contributed by atoms with E-state index in [4.69, 9.17) is 47.4 Å². The fourth-order valence-corrected chi connectivity index (χ4v) is 7.49. The van der Waals surface area contributed by atoms with Crippen LogP contribution >= 0.6 is 0 Å². The number of methoxy groups -OCH3 is 6. The lowest BCUT2D eigenvalue weighted by Gasteiger charge is -2.26. The number of benzene rings is 4. The van der Waals surface area contributed by atoms with Crippen molar-refractivity contribution >= 4 is 0 Å². The van der Waals surface area contributed by atoms with Crippen molar-refractivity contribution in [2.45, 2.75) is 36.6 Å². The van der Waals surface area contributed by atoms with Crippen molar-refractivity contribution in [3.05, 3.63) is 82.9 Å². The van der Waals surface area contributed by atoms with E-state index in [1.54, 1.807) is 24.3 Å². The van der Waals surface area contributed by atoms with E-state index in [0.717, 1.165) is 11.1 Å². The third-order valence-corrected chi connectivity index (χ3v) is 10.6. The van der Waals surface area contributed by atoms with Crippen LogP contribution in [0.3, 0.4) is 0 Å². The van der Waals surface area contributed by atoms with Gasteiger partial charge in [0, 0.05) is 11.8 Å². The fourth-order valence-electron chi connectivity index (χ4n) is 7.49. The number of hydrogen-bond acceptors (Lipinski definition) is 16. The average Bonchev–Trinajstić information content (AvgIpc) is 3.87. The zero-order chi connectivity index (χ0) is 41.7. The maximum atomic E-state index is 11.2. The molecule has 0 amide bonds. The highest BCUT2D eigenvalue weighted by Gasteiger charge is 2.49. The number of fused-ring (bicyclic) bond motifs is 1. The lowest BCUT2D eigenvalue weighted by Crippen LogP contribution is -2.29. The lowest BCUT2D eigenvalue weighted by molar-refractivity contribution is -0.00205. The van der Waals surface area contributed by atoms with Gasteiger partial charge in [0.2, 0.25) is 11.5 Å². The van der Waals surface area contributed by atoms with Gasteiger partial charge in [-0.05, 0) is 70.8 Å². The molecule has 4 aromatic carbocycles. The average molecular weight is 811 g/mol. The minimum absolute atomic E-state index is 0.0909. The molecule has 0 saturated carbocycles. The molecule has 6 unspecified atom stereocenters. The molecule has 0 spiro atoms. The van der Waals surface area contributed by atoms with Crippen LogP contribution < -0.4 is 37.9 Å². The van der Waals surface area contributed by atoms with Gasteiger partial charge in [-0.3, -0.25) is 0 Å². The summed E-state index contributed by atoms with van der Waals surface area (Å²) in [5.74, 6) is 1.38. The van der Waals surface area contributed by atoms with Gasteiger partial charge in [0.25, 0.3) is 0 Å². The Morgan fingerprint density at radius 2 is 0.845 bits per heavy atom. The van der Waals surface area contributed by atoms with Crippen molar-refractivity contribution in [3.63, 3.8) is 0 Å². The van der Waals surface area contributed by atoms with Crippen molar-refractivity contribution in [1.82, 2.24) is 0 Å². The SMILES string of the molecule is COc1cc(C(O)C(CO)Oc2c(OC)cc(C3OC[C@@H]4C(c5cc(OC)c(OC(CO)C(O)c6ccc(O)c(OC)c6)c(OC)c5)OC[C@H]34)cc2OC)ccc1O. The van der Waals surface area contributed by atoms with Crippen molar-refractivity contribution in [1.29, 1.82) is 0 Å². The molecular formula is C42H50O16. The summed E-state index contributed by atoms with van der Waals surface area (Å²) in [4.78, 5) is 0. The molecule has 16 nitrogen and oxygen atoms in total. The molecule has 6 N–H and O–H groups in total. The summed E-state index contributed by atoms with van der Waals surface area (Å²) in [7, 11) is 8.65. The van der Waals surface area contributed by atoms with Crippen molar-refractivity contribution in [3.8, 4) is 57.5 Å². The van der Waals surface area contributed by atoms with E-state index in [1.807, 2.05) is 0 Å². The van der Waals surface area contributed by atoms with Crippen molar-refractivity contribution < 1.29 is 78.0 Å². The van der Waals surface area contributed by atoms with Gasteiger partial charge in [-0.1, -0.05) is 12.1 Å². The quantitative estimate of drug-likeness (QED) is 0.0832. The third kappa shape index (κ3) is 8.30. The molecule has 6 rings (SSSR count). The Labute approximate surface area is 335 Å². The second kappa shape index (κ2) is 18.5. The van der Waals surface area contributed by atoms with E-state index in [0.29, 0.717) is 24.3 Å². The van der Waals surface area contributed by atoms with Crippen LogP contribution in [0, 0.1) is 11.8 Å². The van der Waals surface area contributed by atoms with Crippen LogP contribution in [-0.4, -0.2) is 112 Å². The van der Waals surface area contributed by atoms with Crippen LogP contribution in [0.2, 0.25) is 0 Å². The summed E-state index contributed by atoms with van der Waals surface area (Å²) in [5, 5.41) is 62.8. The molecule has 2 heterocycles. The molecule has 2 fully saturated rings. The molecule has 0 aromatic heterocycles. The minimum Gasteiger partial charge on any atom is -0.504 e. The van der Waals surface area contributed by atoms with Gasteiger partial charge in [0.05, 0.1) is 81.3 Å². The highest BCUT2D eigenvalue weighted by Crippen LogP contribution is 2.54. The number of aliphatic hydroxyl groups is 4. The number of ether oxygens (including phenoxy) is 10. The second-order valence-electron chi connectivity index (χ2n) is 13.8. The molecule has 16 heteroatoms. The molecule has 2 aliphatic heterocycles. The van der Waals surface area contributed by atoms with Gasteiger partial charge >= 0.3 is 0 Å². The Kier molecular flexibility index (Phi) is 13.5. The van der Waals surface area contributed by atoms with Crippen LogP contribution in [0.4, 0.5) is 0 Å². The topological polar surface area (TPSA) is 214 Å². The normalized spacial score (nSPS) is 20.7. The van der Waals surface area contributed by atoms with E-state index in [9.17, 15) is 30.6 Å². The first-order valence-electron chi connectivity index (χ1n) is 18.4. The number of hydrogen-bond donors (Lipinski definition) is 6. The van der Waals surface area contributed by atoms with E-state index in [-0.39, 0.29) is 69.3 Å². The number of rotatable bonds is 18. The Morgan fingerprint density at radius 3 is 1.14 bits per heavy atom. The molecule has 2 aliphatic rings. The second-order valence-corrected chi connectivity index (χ2v) is 13.8. The maximum Gasteiger partial charge on any atom is 0.204 e. The maximum absolute atomic E-state index is 11.2. The molecule has 8 atom stereocenters. The molecule has 314 valence electrons. The molecule has 4 aromatic rings. The van der Waals surface area contributed by atoms with Crippen LogP contribution in [0.1, 0.15) is 46.7 Å². The van der Waals surface area contributed by atoms with E-state index in [1.165, 1.54) is 79.1 Å². The number of aliphatic hydroxyl groups excluding tert-OH is 4. The van der Waals surface area contributed by atoms with E-state index >= 15 is 0 Å². The largest absolute Gasteiger partial charge is 0.504 e. The van der Waals surface area contributed by atoms with Gasteiger partial charge in [-0.15, -0.1) is 0 Å². The zero-order valence-electron chi connectivity index (χ0n) is 33.0. The van der Waals surface area contributed by atoms with Crippen LogP contribution in [0.5, 0.6) is 57.5 Å². The summed E-state index contributed by atoms with van der Waals surface area (Å²) < 4.78 is 58.4. The predicted molar refractivity (Wildman–Crippen MR) is 206 cm³/mol. The predicted octanol–water partition coefficient (Wildman–Crippen LogP) is 4.17. The first kappa shape index (κ1) is 42.3. The number of aromatic hydroxyl groups is 2. The zero-order valence-corrected chi connectivity index (χ0v) is 33.0. The molecule has 0 radical (unpaired) electrons. The summed E-state index contributed by atoms with van der Waals surface area (Å²) >= 11 is 0. The summed E-state index contributed by atoms with van der Waals surface area (Å²) in [6.45, 7) is -0.408. The van der Waals surface area contributed by atoms with Gasteiger partial charge in [-0.25, -0.2) is 0 Å². The Morgan fingerprint density at radius 1 is 0.517 bits per heavy atom. The van der Waals surface area contributed by atoms with E-state index in [2.05, 4.69) is 0 Å². The molecule has 2 saturated heterocycles. The molecule has 58 heavy (non-hydrogen) atoms. The first-order chi connectivity index (χ1) is 28.0. The highest BCUT2D eigenvalue weighted by atomic mass is 16.6. The Balaban J connectivity index is 1.22. The third-order valence-electron chi connectivity index (χ3n) is 10.6. The number of phenols is 2. The van der Waals surface area contributed by atoms with Gasteiger partial charge in [0.1, 0.15) is 12.2 Å². The standard InChI is InChI=1S/C42H50O16/c1-49-29-11-21(7-9-27(29)45)37(47)35(17-43)57-41-31(51-3)13-23(14-32(41)52-4)39-25-19-56-40(26(25)20-55-39)24-15-33(53-5)42(34(16-24)54-6)58-36(18-44)38(48)22-8-10-28(46)30(12-22)50-2/h7-16,25-26,35-40,43-48H,17-20H2,1-6H3/t25-,26-,35?,36?,37?,38?,39?,40?/m0/s1. The summed E-state index contributed by atoms with van der Waals surface area (Å²) in [5.41, 5.74) is 2.17. The number of phenolic OH excluding ortho intramolecular Hbond substituents is 2. The summed E-state index contributed by atoms with van der Waals surface area (Å²) in [6, 6.07) is 15.7. The molecule has 0 bridgehead atoms. The Bertz CT molecular complexity index is 1830. The van der Waals surface area contributed by atoms with Gasteiger partial charge < -0.3 is 78.0 Å². The van der Waals surface area contributed by atoms with E-state index < -0.39 is 49.8 Å². The highest BCUT2D eigenvalue weighted by molar-refractivity contribution is 5.56. The molecular weight excluding hydrogens is 760 g/mol. The smallest absolute Gasteiger partial charge is 0.204 e. The Hall–Kier alpha value is -5.36. The minimum atomic E-state index is -1.31. The van der Waals surface area contributed by atoms with Crippen LogP contribution in [-0.2, 0) is 9.47 Å². The van der Waals surface area contributed by atoms with Gasteiger partial charge in [0.15, 0.2) is 58.2 Å². The van der Waals surface area contributed by atoms with Crippen LogP contribution in [0.15, 0.2) is 60.7 Å². The molecule has 0 aliphatic carbocycles. The summed E-state index contributed by atoms with van der Waals surface area (Å²) in [6.07, 6.45) is -5.76. The van der Waals surface area contributed by atoms with Crippen LogP contribution in [0.25, 0.3) is 0 Å². The van der Waals surface area contributed by atoms with Crippen molar-refractivity contribution in [2.24, 2.45) is 11.8 Å².